The van der Waals surface area contributed by atoms with Crippen LogP contribution in [-0.4, -0.2) is 26.7 Å². The minimum atomic E-state index is -0.0522. The summed E-state index contributed by atoms with van der Waals surface area (Å²) in [6, 6.07) is 13.5. The highest BCUT2D eigenvalue weighted by Gasteiger charge is 2.11. The second-order valence-corrected chi connectivity index (χ2v) is 5.98. The first-order valence-corrected chi connectivity index (χ1v) is 8.80. The quantitative estimate of drug-likeness (QED) is 0.739. The van der Waals surface area contributed by atoms with Crippen molar-refractivity contribution in [1.82, 2.24) is 5.32 Å². The molecule has 5 nitrogen and oxygen atoms in total. The Balaban J connectivity index is 1.88. The van der Waals surface area contributed by atoms with Crippen LogP contribution in [0.2, 0.25) is 0 Å². The molecule has 0 saturated carbocycles. The summed E-state index contributed by atoms with van der Waals surface area (Å²) in [5.74, 6) is 2.21. The molecule has 1 atom stereocenters. The van der Waals surface area contributed by atoms with Crippen molar-refractivity contribution in [2.45, 2.75) is 32.7 Å². The van der Waals surface area contributed by atoms with E-state index in [-0.39, 0.29) is 11.9 Å². The number of carbonyl (C=O) groups is 1. The molecule has 0 fully saturated rings. The predicted molar refractivity (Wildman–Crippen MR) is 102 cm³/mol. The number of amides is 1. The van der Waals surface area contributed by atoms with E-state index in [0.717, 1.165) is 16.9 Å². The first-order valence-electron chi connectivity index (χ1n) is 8.80. The van der Waals surface area contributed by atoms with Gasteiger partial charge in [-0.3, -0.25) is 4.79 Å². The van der Waals surface area contributed by atoms with Crippen LogP contribution in [0.25, 0.3) is 0 Å². The van der Waals surface area contributed by atoms with Crippen molar-refractivity contribution in [2.24, 2.45) is 0 Å². The van der Waals surface area contributed by atoms with E-state index >= 15 is 0 Å². The molecule has 1 amide bonds. The maximum absolute atomic E-state index is 12.3. The van der Waals surface area contributed by atoms with Crippen molar-refractivity contribution in [3.05, 3.63) is 53.6 Å². The molecule has 2 rings (SSSR count). The van der Waals surface area contributed by atoms with Crippen molar-refractivity contribution in [1.29, 1.82) is 0 Å². The Morgan fingerprint density at radius 1 is 1.04 bits per heavy atom. The van der Waals surface area contributed by atoms with E-state index in [1.54, 1.807) is 14.2 Å². The Morgan fingerprint density at radius 3 is 2.35 bits per heavy atom. The number of rotatable bonds is 9. The van der Waals surface area contributed by atoms with Crippen LogP contribution in [0.1, 0.15) is 37.4 Å². The summed E-state index contributed by atoms with van der Waals surface area (Å²) in [6.45, 7) is 4.57. The molecule has 1 unspecified atom stereocenters. The van der Waals surface area contributed by atoms with E-state index in [1.807, 2.05) is 56.3 Å². The third-order valence-corrected chi connectivity index (χ3v) is 4.16. The van der Waals surface area contributed by atoms with E-state index in [0.29, 0.717) is 30.9 Å². The van der Waals surface area contributed by atoms with Gasteiger partial charge in [-0.05, 0) is 55.7 Å². The van der Waals surface area contributed by atoms with Crippen LogP contribution in [-0.2, 0) is 11.2 Å². The first-order chi connectivity index (χ1) is 12.6. The number of ether oxygens (including phenoxy) is 3. The van der Waals surface area contributed by atoms with E-state index in [9.17, 15) is 4.79 Å². The van der Waals surface area contributed by atoms with E-state index < -0.39 is 0 Å². The van der Waals surface area contributed by atoms with Gasteiger partial charge in [0.15, 0.2) is 11.5 Å². The summed E-state index contributed by atoms with van der Waals surface area (Å²) in [4.78, 5) is 12.3. The van der Waals surface area contributed by atoms with Gasteiger partial charge >= 0.3 is 0 Å². The summed E-state index contributed by atoms with van der Waals surface area (Å²) in [6.07, 6.45) is 1.05. The lowest BCUT2D eigenvalue weighted by molar-refractivity contribution is -0.121. The number of carbonyl (C=O) groups excluding carboxylic acids is 1. The Labute approximate surface area is 155 Å². The molecule has 0 saturated heterocycles. The molecule has 0 radical (unpaired) electrons. The van der Waals surface area contributed by atoms with Gasteiger partial charge in [-0.2, -0.15) is 0 Å². The van der Waals surface area contributed by atoms with Gasteiger partial charge in [-0.15, -0.1) is 0 Å². The highest BCUT2D eigenvalue weighted by atomic mass is 16.5. The zero-order valence-electron chi connectivity index (χ0n) is 15.9. The summed E-state index contributed by atoms with van der Waals surface area (Å²) in [7, 11) is 3.21. The molecule has 1 N–H and O–H groups in total. The normalized spacial score (nSPS) is 11.5. The third kappa shape index (κ3) is 5.41. The van der Waals surface area contributed by atoms with Crippen LogP contribution in [0.4, 0.5) is 0 Å². The number of hydrogen-bond donors (Lipinski definition) is 1. The smallest absolute Gasteiger partial charge is 0.220 e. The minimum Gasteiger partial charge on any atom is -0.494 e. The number of methoxy groups -OCH3 is 2. The molecule has 2 aromatic rings. The van der Waals surface area contributed by atoms with Gasteiger partial charge in [0.25, 0.3) is 0 Å². The van der Waals surface area contributed by atoms with E-state index in [4.69, 9.17) is 14.2 Å². The average molecular weight is 357 g/mol. The Bertz CT molecular complexity index is 712. The SMILES string of the molecule is CCOc1ccc(C(C)NC(=O)CCc2ccc(OC)c(OC)c2)cc1. The minimum absolute atomic E-state index is 0.0150. The number of benzene rings is 2. The van der Waals surface area contributed by atoms with Crippen molar-refractivity contribution >= 4 is 5.91 Å². The van der Waals surface area contributed by atoms with Gasteiger partial charge in [-0.25, -0.2) is 0 Å². The molecule has 0 aliphatic rings. The largest absolute Gasteiger partial charge is 0.494 e. The van der Waals surface area contributed by atoms with Crippen LogP contribution in [0.3, 0.4) is 0 Å². The number of aryl methyl sites for hydroxylation is 1. The zero-order chi connectivity index (χ0) is 18.9. The summed E-state index contributed by atoms with van der Waals surface area (Å²) in [5, 5.41) is 3.03. The maximum atomic E-state index is 12.3. The second-order valence-electron chi connectivity index (χ2n) is 5.98. The highest BCUT2D eigenvalue weighted by molar-refractivity contribution is 5.76. The predicted octanol–water partition coefficient (Wildman–Crippen LogP) is 3.91. The summed E-state index contributed by atoms with van der Waals surface area (Å²) >= 11 is 0. The highest BCUT2D eigenvalue weighted by Crippen LogP contribution is 2.28. The van der Waals surface area contributed by atoms with Gasteiger partial charge < -0.3 is 19.5 Å². The molecule has 0 heterocycles. The number of hydrogen-bond acceptors (Lipinski definition) is 4. The summed E-state index contributed by atoms with van der Waals surface area (Å²) < 4.78 is 16.0. The fourth-order valence-electron chi connectivity index (χ4n) is 2.71. The van der Waals surface area contributed by atoms with E-state index in [2.05, 4.69) is 5.32 Å². The molecule has 5 heteroatoms. The molecule has 26 heavy (non-hydrogen) atoms. The molecular weight excluding hydrogens is 330 g/mol. The standard InChI is InChI=1S/C21H27NO4/c1-5-26-18-10-8-17(9-11-18)15(2)22-21(23)13-7-16-6-12-19(24-3)20(14-16)25-4/h6,8-12,14-15H,5,7,13H2,1-4H3,(H,22,23). The van der Waals surface area contributed by atoms with Crippen LogP contribution in [0, 0.1) is 0 Å². The topological polar surface area (TPSA) is 56.8 Å². The molecule has 0 bridgehead atoms. The van der Waals surface area contributed by atoms with Crippen LogP contribution >= 0.6 is 0 Å². The maximum Gasteiger partial charge on any atom is 0.220 e. The van der Waals surface area contributed by atoms with Gasteiger partial charge in [0.05, 0.1) is 26.9 Å². The Hall–Kier alpha value is -2.69. The second kappa shape index (κ2) is 9.70. The Kier molecular flexibility index (Phi) is 7.33. The van der Waals surface area contributed by atoms with Crippen molar-refractivity contribution in [3.63, 3.8) is 0 Å². The van der Waals surface area contributed by atoms with Gasteiger partial charge in [0.2, 0.25) is 5.91 Å². The molecule has 0 aliphatic heterocycles. The van der Waals surface area contributed by atoms with Gasteiger partial charge in [0, 0.05) is 6.42 Å². The lowest BCUT2D eigenvalue weighted by Crippen LogP contribution is -2.26. The molecule has 0 aromatic heterocycles. The number of nitrogens with one attached hydrogen (secondary N) is 1. The van der Waals surface area contributed by atoms with Crippen molar-refractivity contribution < 1.29 is 19.0 Å². The molecule has 2 aromatic carbocycles. The van der Waals surface area contributed by atoms with Gasteiger partial charge in [0.1, 0.15) is 5.75 Å². The van der Waals surface area contributed by atoms with Crippen LogP contribution in [0.5, 0.6) is 17.2 Å². The molecular formula is C21H27NO4. The van der Waals surface area contributed by atoms with Crippen molar-refractivity contribution in [2.75, 3.05) is 20.8 Å². The lowest BCUT2D eigenvalue weighted by Gasteiger charge is -2.15. The Morgan fingerprint density at radius 2 is 1.73 bits per heavy atom. The van der Waals surface area contributed by atoms with Crippen molar-refractivity contribution in [3.8, 4) is 17.2 Å². The monoisotopic (exact) mass is 357 g/mol. The molecule has 0 spiro atoms. The fourth-order valence-corrected chi connectivity index (χ4v) is 2.71. The molecule has 140 valence electrons. The summed E-state index contributed by atoms with van der Waals surface area (Å²) in [5.41, 5.74) is 2.08. The third-order valence-electron chi connectivity index (χ3n) is 4.16. The van der Waals surface area contributed by atoms with E-state index in [1.165, 1.54) is 0 Å². The van der Waals surface area contributed by atoms with Crippen LogP contribution < -0.4 is 19.5 Å². The van der Waals surface area contributed by atoms with Crippen LogP contribution in [0.15, 0.2) is 42.5 Å². The lowest BCUT2D eigenvalue weighted by atomic mass is 10.1. The zero-order valence-corrected chi connectivity index (χ0v) is 15.9. The van der Waals surface area contributed by atoms with Gasteiger partial charge in [-0.1, -0.05) is 18.2 Å². The fraction of sp³-hybridized carbons (Fsp3) is 0.381. The molecule has 0 aliphatic carbocycles. The first kappa shape index (κ1) is 19.6. The average Bonchev–Trinajstić information content (AvgIpc) is 2.66.